The number of halogens is 2. The Bertz CT molecular complexity index is 1600. The Balaban J connectivity index is 0.00000336. The van der Waals surface area contributed by atoms with Crippen molar-refractivity contribution in [3.8, 4) is 11.5 Å². The fraction of sp³-hybridized carbons (Fsp3) is 0.250. The van der Waals surface area contributed by atoms with E-state index >= 15 is 0 Å². The van der Waals surface area contributed by atoms with Gasteiger partial charge in [-0.05, 0) is 73.5 Å². The maximum Gasteiger partial charge on any atom is 0.206 e. The van der Waals surface area contributed by atoms with E-state index < -0.39 is 40.6 Å². The summed E-state index contributed by atoms with van der Waals surface area (Å²) in [6, 6.07) is 9.01. The molecule has 0 aliphatic heterocycles. The molecule has 3 aromatic rings. The molecule has 38 heavy (non-hydrogen) atoms. The molecule has 0 aromatic heterocycles. The average molecular weight is 602 g/mol. The van der Waals surface area contributed by atoms with Crippen LogP contribution in [0, 0.1) is 19.8 Å². The number of aliphatic imine (C=N–C) groups is 1. The van der Waals surface area contributed by atoms with Crippen molar-refractivity contribution in [1.82, 2.24) is 0 Å². The molecule has 0 amide bonds. The molecule has 8 nitrogen and oxygen atoms in total. The van der Waals surface area contributed by atoms with Gasteiger partial charge in [-0.15, -0.1) is 12.4 Å². The Morgan fingerprint density at radius 2 is 1.68 bits per heavy atom. The third-order valence-corrected chi connectivity index (χ3v) is 8.14. The van der Waals surface area contributed by atoms with Gasteiger partial charge >= 0.3 is 0 Å². The molecule has 0 unspecified atom stereocenters. The van der Waals surface area contributed by atoms with Crippen LogP contribution in [-0.4, -0.2) is 49.3 Å². The van der Waals surface area contributed by atoms with Crippen molar-refractivity contribution in [1.29, 1.82) is 0 Å². The van der Waals surface area contributed by atoms with E-state index in [1.807, 2.05) is 0 Å². The van der Waals surface area contributed by atoms with Gasteiger partial charge in [0, 0.05) is 10.4 Å². The number of aryl methyl sites for hydroxylation is 2. The lowest BCUT2D eigenvalue weighted by molar-refractivity contribution is -0.122. The molecule has 3 aromatic carbocycles. The predicted molar refractivity (Wildman–Crippen MR) is 150 cm³/mol. The first kappa shape index (κ1) is 27.8. The summed E-state index contributed by atoms with van der Waals surface area (Å²) in [6.45, 7) is 4.88. The molecule has 2 aliphatic carbocycles. The van der Waals surface area contributed by atoms with Gasteiger partial charge in [-0.1, -0.05) is 28.1 Å². The van der Waals surface area contributed by atoms with E-state index in [1.54, 1.807) is 50.2 Å². The van der Waals surface area contributed by atoms with E-state index in [1.165, 1.54) is 6.92 Å². The number of phenolic OH excluding ortho intramolecular Hbond substituents is 2. The zero-order chi connectivity index (χ0) is 27.0. The topological polar surface area (TPSA) is 153 Å². The normalized spacial score (nSPS) is 23.3. The number of carbonyl (C=O) groups excluding carboxylic acids is 2. The van der Waals surface area contributed by atoms with Crippen LogP contribution in [0.25, 0.3) is 10.8 Å². The van der Waals surface area contributed by atoms with Crippen LogP contribution in [0.4, 0.5) is 5.69 Å². The van der Waals surface area contributed by atoms with Crippen molar-refractivity contribution < 1.29 is 30.0 Å². The second-order valence-electron chi connectivity index (χ2n) is 9.67. The number of hydrogen-bond acceptors (Lipinski definition) is 8. The summed E-state index contributed by atoms with van der Waals surface area (Å²) in [7, 11) is 0. The molecule has 10 heteroatoms. The molecule has 0 heterocycles. The molecular formula is C28H26BrClN2O6. The van der Waals surface area contributed by atoms with Gasteiger partial charge in [0.25, 0.3) is 0 Å². The second kappa shape index (κ2) is 9.50. The van der Waals surface area contributed by atoms with Crippen LogP contribution < -0.4 is 5.73 Å². The first-order valence-electron chi connectivity index (χ1n) is 11.7. The fourth-order valence-corrected chi connectivity index (χ4v) is 5.80. The van der Waals surface area contributed by atoms with Gasteiger partial charge in [-0.2, -0.15) is 0 Å². The summed E-state index contributed by atoms with van der Waals surface area (Å²) in [5, 5.41) is 45.5. The van der Waals surface area contributed by atoms with E-state index in [9.17, 15) is 30.0 Å². The van der Waals surface area contributed by atoms with Crippen molar-refractivity contribution in [3.05, 3.63) is 74.5 Å². The highest BCUT2D eigenvalue weighted by atomic mass is 79.9. The standard InChI is InChI=1S/C28H25BrN2O6.ClH/c1-11-4-9-16-12(2)17-10-18-22(30)25(34)19(13(3)31-15-7-5-14(29)6-8-15)26(35)28(18,37)27(36)21(17)24(33)20(16)23(11)32;/h4-9,18,22,32-33,35,37H,10,30H2,1-3H3;1H/t18-,22+,28+;/m0./s1. The molecule has 0 saturated heterocycles. The SMILES string of the molecule is CC(=Nc1ccc(Br)cc1)C1=C(O)[C@@]2(O)C(=O)c3c(c(C)c4ccc(C)c(O)c4c3O)C[C@H]2[C@@H](N)C1=O.Cl. The van der Waals surface area contributed by atoms with Gasteiger partial charge < -0.3 is 26.2 Å². The molecular weight excluding hydrogens is 576 g/mol. The number of phenols is 2. The minimum absolute atomic E-state index is 0. The third-order valence-electron chi connectivity index (χ3n) is 7.61. The van der Waals surface area contributed by atoms with Gasteiger partial charge in [0.1, 0.15) is 17.3 Å². The molecule has 2 aliphatic rings. The predicted octanol–water partition coefficient (Wildman–Crippen LogP) is 4.65. The van der Waals surface area contributed by atoms with Crippen molar-refractivity contribution in [3.63, 3.8) is 0 Å². The molecule has 3 atom stereocenters. The van der Waals surface area contributed by atoms with E-state index in [4.69, 9.17) is 5.73 Å². The number of benzene rings is 3. The Kier molecular flexibility index (Phi) is 6.95. The third kappa shape index (κ3) is 3.76. The van der Waals surface area contributed by atoms with Crippen LogP contribution in [-0.2, 0) is 11.2 Å². The molecule has 6 N–H and O–H groups in total. The molecule has 0 radical (unpaired) electrons. The number of nitrogens with two attached hydrogens (primary N) is 1. The maximum absolute atomic E-state index is 13.9. The molecule has 198 valence electrons. The summed E-state index contributed by atoms with van der Waals surface area (Å²) in [5.74, 6) is -4.32. The van der Waals surface area contributed by atoms with E-state index in [0.717, 1.165) is 4.47 Å². The highest BCUT2D eigenvalue weighted by Crippen LogP contribution is 2.50. The van der Waals surface area contributed by atoms with E-state index in [2.05, 4.69) is 20.9 Å². The molecule has 0 fully saturated rings. The first-order chi connectivity index (χ1) is 17.4. The Hall–Kier alpha value is -3.24. The number of hydrogen-bond donors (Lipinski definition) is 5. The zero-order valence-electron chi connectivity index (χ0n) is 20.7. The summed E-state index contributed by atoms with van der Waals surface area (Å²) in [4.78, 5) is 31.6. The number of rotatable bonds is 2. The van der Waals surface area contributed by atoms with Crippen LogP contribution in [0.1, 0.15) is 34.0 Å². The summed E-state index contributed by atoms with van der Waals surface area (Å²) in [5.41, 5.74) is 5.29. The number of carbonyl (C=O) groups is 2. The molecule has 0 saturated carbocycles. The lowest BCUT2D eigenvalue weighted by Gasteiger charge is -2.45. The van der Waals surface area contributed by atoms with Gasteiger partial charge in [-0.3, -0.25) is 14.6 Å². The minimum Gasteiger partial charge on any atom is -0.508 e. The van der Waals surface area contributed by atoms with Gasteiger partial charge in [0.05, 0.1) is 34.0 Å². The van der Waals surface area contributed by atoms with Crippen LogP contribution in [0.3, 0.4) is 0 Å². The van der Waals surface area contributed by atoms with E-state index in [-0.39, 0.29) is 46.8 Å². The van der Waals surface area contributed by atoms with Gasteiger partial charge in [-0.25, -0.2) is 0 Å². The Labute approximate surface area is 233 Å². The summed E-state index contributed by atoms with van der Waals surface area (Å²) >= 11 is 3.34. The number of Topliss-reactive ketones (excluding diaryl/α,β-unsaturated/α-hetero) is 2. The second-order valence-corrected chi connectivity index (χ2v) is 10.6. The van der Waals surface area contributed by atoms with Crippen molar-refractivity contribution in [2.45, 2.75) is 38.8 Å². The monoisotopic (exact) mass is 600 g/mol. The molecule has 0 spiro atoms. The smallest absolute Gasteiger partial charge is 0.206 e. The fourth-order valence-electron chi connectivity index (χ4n) is 5.53. The van der Waals surface area contributed by atoms with Gasteiger partial charge in [0.15, 0.2) is 11.4 Å². The van der Waals surface area contributed by atoms with Crippen molar-refractivity contribution >= 4 is 62.1 Å². The van der Waals surface area contributed by atoms with Crippen molar-refractivity contribution in [2.75, 3.05) is 0 Å². The number of aliphatic hydroxyl groups excluding tert-OH is 1. The summed E-state index contributed by atoms with van der Waals surface area (Å²) in [6.07, 6.45) is -0.0469. The van der Waals surface area contributed by atoms with Crippen LogP contribution in [0.2, 0.25) is 0 Å². The zero-order valence-corrected chi connectivity index (χ0v) is 23.1. The maximum atomic E-state index is 13.9. The number of aromatic hydroxyl groups is 2. The van der Waals surface area contributed by atoms with Crippen LogP contribution in [0.5, 0.6) is 11.5 Å². The minimum atomic E-state index is -2.57. The Morgan fingerprint density at radius 3 is 2.32 bits per heavy atom. The average Bonchev–Trinajstić information content (AvgIpc) is 2.85. The Morgan fingerprint density at radius 1 is 1.05 bits per heavy atom. The largest absolute Gasteiger partial charge is 0.508 e. The highest BCUT2D eigenvalue weighted by molar-refractivity contribution is 9.10. The van der Waals surface area contributed by atoms with Crippen molar-refractivity contribution in [2.24, 2.45) is 16.6 Å². The number of aliphatic hydroxyl groups is 2. The van der Waals surface area contributed by atoms with Gasteiger partial charge in [0.2, 0.25) is 5.78 Å². The number of fused-ring (bicyclic) bond motifs is 3. The molecule has 5 rings (SSSR count). The van der Waals surface area contributed by atoms with Crippen LogP contribution in [0.15, 0.2) is 57.2 Å². The van der Waals surface area contributed by atoms with E-state index in [0.29, 0.717) is 27.8 Å². The summed E-state index contributed by atoms with van der Waals surface area (Å²) < 4.78 is 0.828. The quantitative estimate of drug-likeness (QED) is 0.268. The highest BCUT2D eigenvalue weighted by Gasteiger charge is 2.60. The number of nitrogens with zero attached hydrogens (tertiary/aromatic N) is 1. The van der Waals surface area contributed by atoms with Crippen LogP contribution >= 0.6 is 28.3 Å². The molecule has 0 bridgehead atoms. The first-order valence-corrected chi connectivity index (χ1v) is 12.5. The number of ketones is 2. The lowest BCUT2D eigenvalue weighted by atomic mass is 9.61. The lowest BCUT2D eigenvalue weighted by Crippen LogP contribution is -2.63.